The molecular weight excluding hydrogens is 512 g/mol. The van der Waals surface area contributed by atoms with Crippen molar-refractivity contribution in [2.75, 3.05) is 26.4 Å². The van der Waals surface area contributed by atoms with Crippen molar-refractivity contribution >= 4 is 18.1 Å². The Morgan fingerprint density at radius 2 is 1.40 bits per heavy atom. The third kappa shape index (κ3) is 9.98. The maximum atomic E-state index is 12.7. The molecular formula is C31H36N2O7. The normalized spacial score (nSPS) is 10.7. The number of ether oxygens (including phenoxy) is 5. The topological polar surface area (TPSA) is 105 Å². The molecule has 0 aliphatic rings. The van der Waals surface area contributed by atoms with E-state index >= 15 is 0 Å². The summed E-state index contributed by atoms with van der Waals surface area (Å²) < 4.78 is 27.9. The SMILES string of the molecule is CCCCOc1ccc(OCC(=O)NN=Cc2ccc(OC(=O)c3ccc(OCCC)cc3)c(OCC)c2)cc1. The minimum Gasteiger partial charge on any atom is -0.494 e. The number of carbonyl (C=O) groups is 2. The number of hydrogen-bond donors (Lipinski definition) is 1. The van der Waals surface area contributed by atoms with Crippen LogP contribution in [0, 0.1) is 0 Å². The van der Waals surface area contributed by atoms with Crippen LogP contribution in [0.1, 0.15) is 56.0 Å². The summed E-state index contributed by atoms with van der Waals surface area (Å²) in [5.74, 6) is 1.71. The Hall–Kier alpha value is -4.53. The fourth-order valence-corrected chi connectivity index (χ4v) is 3.35. The lowest BCUT2D eigenvalue weighted by Gasteiger charge is -2.12. The second-order valence-corrected chi connectivity index (χ2v) is 8.66. The molecule has 3 aromatic carbocycles. The van der Waals surface area contributed by atoms with Crippen LogP contribution in [0.5, 0.6) is 28.7 Å². The second kappa shape index (κ2) is 16.4. The summed E-state index contributed by atoms with van der Waals surface area (Å²) in [5.41, 5.74) is 3.46. The predicted molar refractivity (Wildman–Crippen MR) is 153 cm³/mol. The van der Waals surface area contributed by atoms with Crippen molar-refractivity contribution in [2.45, 2.75) is 40.0 Å². The number of hydrogen-bond acceptors (Lipinski definition) is 8. The van der Waals surface area contributed by atoms with Crippen LogP contribution >= 0.6 is 0 Å². The summed E-state index contributed by atoms with van der Waals surface area (Å²) in [7, 11) is 0. The van der Waals surface area contributed by atoms with E-state index in [1.165, 1.54) is 6.21 Å². The molecule has 0 unspecified atom stereocenters. The van der Waals surface area contributed by atoms with E-state index in [4.69, 9.17) is 23.7 Å². The van der Waals surface area contributed by atoms with Crippen molar-refractivity contribution in [3.05, 3.63) is 77.9 Å². The molecule has 0 saturated carbocycles. The van der Waals surface area contributed by atoms with Crippen LogP contribution < -0.4 is 29.1 Å². The van der Waals surface area contributed by atoms with E-state index in [0.717, 1.165) is 25.0 Å². The van der Waals surface area contributed by atoms with Gasteiger partial charge in [0.05, 0.1) is 31.6 Å². The highest BCUT2D eigenvalue weighted by Gasteiger charge is 2.14. The van der Waals surface area contributed by atoms with Crippen molar-refractivity contribution in [2.24, 2.45) is 5.10 Å². The van der Waals surface area contributed by atoms with Gasteiger partial charge in [-0.3, -0.25) is 4.79 Å². The van der Waals surface area contributed by atoms with Crippen LogP contribution in [0.25, 0.3) is 0 Å². The lowest BCUT2D eigenvalue weighted by Crippen LogP contribution is -2.24. The third-order valence-electron chi connectivity index (χ3n) is 5.40. The minimum absolute atomic E-state index is 0.196. The molecule has 3 aromatic rings. The van der Waals surface area contributed by atoms with E-state index in [9.17, 15) is 9.59 Å². The highest BCUT2D eigenvalue weighted by Crippen LogP contribution is 2.29. The van der Waals surface area contributed by atoms with Gasteiger partial charge in [0.2, 0.25) is 0 Å². The van der Waals surface area contributed by atoms with Gasteiger partial charge in [-0.1, -0.05) is 20.3 Å². The van der Waals surface area contributed by atoms with Crippen LogP contribution in [-0.4, -0.2) is 44.5 Å². The number of nitrogens with one attached hydrogen (secondary N) is 1. The summed E-state index contributed by atoms with van der Waals surface area (Å²) in [6, 6.07) is 18.9. The summed E-state index contributed by atoms with van der Waals surface area (Å²) in [5, 5.41) is 3.98. The molecule has 0 aliphatic carbocycles. The molecule has 0 aromatic heterocycles. The van der Waals surface area contributed by atoms with E-state index in [0.29, 0.717) is 48.2 Å². The van der Waals surface area contributed by atoms with Crippen molar-refractivity contribution in [3.63, 3.8) is 0 Å². The number of carbonyl (C=O) groups excluding carboxylic acids is 2. The van der Waals surface area contributed by atoms with Gasteiger partial charge in [0, 0.05) is 0 Å². The maximum Gasteiger partial charge on any atom is 0.343 e. The summed E-state index contributed by atoms with van der Waals surface area (Å²) in [6.07, 6.45) is 4.42. The molecule has 0 fully saturated rings. The van der Waals surface area contributed by atoms with Crippen molar-refractivity contribution in [1.82, 2.24) is 5.43 Å². The highest BCUT2D eigenvalue weighted by molar-refractivity contribution is 5.92. The number of amides is 1. The predicted octanol–water partition coefficient (Wildman–Crippen LogP) is 5.80. The third-order valence-corrected chi connectivity index (χ3v) is 5.40. The van der Waals surface area contributed by atoms with Crippen molar-refractivity contribution in [3.8, 4) is 28.7 Å². The molecule has 40 heavy (non-hydrogen) atoms. The van der Waals surface area contributed by atoms with Gasteiger partial charge >= 0.3 is 5.97 Å². The van der Waals surface area contributed by atoms with Gasteiger partial charge in [-0.15, -0.1) is 0 Å². The lowest BCUT2D eigenvalue weighted by molar-refractivity contribution is -0.123. The fraction of sp³-hybridized carbons (Fsp3) is 0.323. The zero-order chi connectivity index (χ0) is 28.6. The van der Waals surface area contributed by atoms with E-state index in [1.807, 2.05) is 13.8 Å². The van der Waals surface area contributed by atoms with Crippen LogP contribution in [-0.2, 0) is 4.79 Å². The molecule has 9 heteroatoms. The quantitative estimate of drug-likeness (QED) is 0.0793. The van der Waals surface area contributed by atoms with E-state index < -0.39 is 11.9 Å². The van der Waals surface area contributed by atoms with Gasteiger partial charge < -0.3 is 23.7 Å². The number of rotatable bonds is 16. The summed E-state index contributed by atoms with van der Waals surface area (Å²) >= 11 is 0. The molecule has 1 N–H and O–H groups in total. The molecule has 0 bridgehead atoms. The molecule has 1 amide bonds. The van der Waals surface area contributed by atoms with Gasteiger partial charge in [0.1, 0.15) is 17.2 Å². The van der Waals surface area contributed by atoms with Crippen molar-refractivity contribution < 1.29 is 33.3 Å². The molecule has 0 spiro atoms. The molecule has 212 valence electrons. The number of benzene rings is 3. The number of nitrogens with zero attached hydrogens (tertiary/aromatic N) is 1. The van der Waals surface area contributed by atoms with Gasteiger partial charge in [0.25, 0.3) is 5.91 Å². The monoisotopic (exact) mass is 548 g/mol. The van der Waals surface area contributed by atoms with Gasteiger partial charge in [-0.05, 0) is 92.1 Å². The molecule has 0 atom stereocenters. The van der Waals surface area contributed by atoms with E-state index in [1.54, 1.807) is 66.7 Å². The standard InChI is InChI=1S/C31H36N2O7/c1-4-7-19-38-26-13-15-27(16-14-26)39-22-30(34)33-32-21-23-8-17-28(29(20-23)36-6-3)40-31(35)24-9-11-25(12-10-24)37-18-5-2/h8-17,20-21H,4-7,18-19,22H2,1-3H3,(H,33,34). The Labute approximate surface area is 235 Å². The molecule has 0 radical (unpaired) electrons. The number of hydrazone groups is 1. The van der Waals surface area contributed by atoms with Crippen LogP contribution in [0.15, 0.2) is 71.8 Å². The lowest BCUT2D eigenvalue weighted by atomic mass is 10.2. The molecule has 9 nitrogen and oxygen atoms in total. The molecule has 0 saturated heterocycles. The molecule has 0 heterocycles. The first-order valence-electron chi connectivity index (χ1n) is 13.4. The van der Waals surface area contributed by atoms with Crippen LogP contribution in [0.4, 0.5) is 0 Å². The number of esters is 1. The minimum atomic E-state index is -0.518. The Kier molecular flexibility index (Phi) is 12.3. The van der Waals surface area contributed by atoms with Gasteiger partial charge in [0.15, 0.2) is 18.1 Å². The fourth-order valence-electron chi connectivity index (χ4n) is 3.35. The Morgan fingerprint density at radius 3 is 2.05 bits per heavy atom. The van der Waals surface area contributed by atoms with Gasteiger partial charge in [-0.25, -0.2) is 10.2 Å². The average molecular weight is 549 g/mol. The maximum absolute atomic E-state index is 12.7. The Bertz CT molecular complexity index is 1240. The smallest absolute Gasteiger partial charge is 0.343 e. The Morgan fingerprint density at radius 1 is 0.750 bits per heavy atom. The first kappa shape index (κ1) is 30.0. The first-order chi connectivity index (χ1) is 19.5. The summed E-state index contributed by atoms with van der Waals surface area (Å²) in [4.78, 5) is 24.8. The average Bonchev–Trinajstić information content (AvgIpc) is 2.97. The van der Waals surface area contributed by atoms with Gasteiger partial charge in [-0.2, -0.15) is 5.10 Å². The van der Waals surface area contributed by atoms with Crippen LogP contribution in [0.2, 0.25) is 0 Å². The summed E-state index contributed by atoms with van der Waals surface area (Å²) in [6.45, 7) is 7.41. The largest absolute Gasteiger partial charge is 0.494 e. The van der Waals surface area contributed by atoms with E-state index in [2.05, 4.69) is 17.5 Å². The first-order valence-corrected chi connectivity index (χ1v) is 13.4. The van der Waals surface area contributed by atoms with Crippen LogP contribution in [0.3, 0.4) is 0 Å². The zero-order valence-corrected chi connectivity index (χ0v) is 23.2. The highest BCUT2D eigenvalue weighted by atomic mass is 16.6. The van der Waals surface area contributed by atoms with Crippen molar-refractivity contribution in [1.29, 1.82) is 0 Å². The second-order valence-electron chi connectivity index (χ2n) is 8.66. The molecule has 3 rings (SSSR count). The molecule has 0 aliphatic heterocycles. The Balaban J connectivity index is 1.51. The zero-order valence-electron chi connectivity index (χ0n) is 23.2. The number of unbranched alkanes of at least 4 members (excludes halogenated alkanes) is 1. The van der Waals surface area contributed by atoms with E-state index in [-0.39, 0.29) is 12.4 Å².